The summed E-state index contributed by atoms with van der Waals surface area (Å²) in [5.41, 5.74) is 1.59. The van der Waals surface area contributed by atoms with E-state index in [-0.39, 0.29) is 4.90 Å². The van der Waals surface area contributed by atoms with Crippen LogP contribution < -0.4 is 9.46 Å². The first-order valence-corrected chi connectivity index (χ1v) is 11.4. The fourth-order valence-corrected chi connectivity index (χ4v) is 5.61. The molecular weight excluding hydrogens is 429 g/mol. The van der Waals surface area contributed by atoms with Crippen LogP contribution in [0.1, 0.15) is 17.9 Å². The van der Waals surface area contributed by atoms with E-state index in [4.69, 9.17) is 0 Å². The highest BCUT2D eigenvalue weighted by molar-refractivity contribution is 7.92. The monoisotopic (exact) mass is 452 g/mol. The van der Waals surface area contributed by atoms with E-state index < -0.39 is 22.1 Å². The van der Waals surface area contributed by atoms with Gasteiger partial charge in [0, 0.05) is 25.3 Å². The molecule has 3 unspecified atom stereocenters. The molecular formula is C22H23F3N2O3S. The second-order valence-corrected chi connectivity index (χ2v) is 9.70. The van der Waals surface area contributed by atoms with Gasteiger partial charge in [-0.1, -0.05) is 18.2 Å². The van der Waals surface area contributed by atoms with Crippen molar-refractivity contribution in [2.45, 2.75) is 23.6 Å². The van der Waals surface area contributed by atoms with Crippen molar-refractivity contribution in [1.29, 1.82) is 0 Å². The standard InChI is InChI=1S/C22H23F3N2O3S/c1-2-11-27-13-16-12-20(21(16)14-27)15-3-5-17(6-4-15)26-31(28,29)19-9-7-18(8-10-19)30-22(23,24)25/h2-10,16,20-21,26H,1,11-14H2. The van der Waals surface area contributed by atoms with E-state index in [9.17, 15) is 21.6 Å². The Morgan fingerprint density at radius 3 is 2.39 bits per heavy atom. The van der Waals surface area contributed by atoms with Gasteiger partial charge in [0.2, 0.25) is 0 Å². The lowest BCUT2D eigenvalue weighted by atomic mass is 9.64. The van der Waals surface area contributed by atoms with E-state index >= 15 is 0 Å². The van der Waals surface area contributed by atoms with E-state index in [2.05, 4.69) is 20.9 Å². The molecule has 0 spiro atoms. The van der Waals surface area contributed by atoms with Gasteiger partial charge in [0.1, 0.15) is 5.75 Å². The fraction of sp³-hybridized carbons (Fsp3) is 0.364. The summed E-state index contributed by atoms with van der Waals surface area (Å²) in [5.74, 6) is 1.34. The Hall–Kier alpha value is -2.52. The average Bonchev–Trinajstić information content (AvgIpc) is 2.99. The molecule has 9 heteroatoms. The van der Waals surface area contributed by atoms with Gasteiger partial charge in [0.25, 0.3) is 10.0 Å². The molecule has 1 N–H and O–H groups in total. The van der Waals surface area contributed by atoms with Gasteiger partial charge in [0.15, 0.2) is 0 Å². The number of likely N-dealkylation sites (tertiary alicyclic amines) is 1. The minimum Gasteiger partial charge on any atom is -0.406 e. The second kappa shape index (κ2) is 8.20. The van der Waals surface area contributed by atoms with Crippen LogP contribution in [0.25, 0.3) is 0 Å². The Morgan fingerprint density at radius 2 is 1.77 bits per heavy atom. The van der Waals surface area contributed by atoms with Gasteiger partial charge >= 0.3 is 6.36 Å². The molecule has 4 rings (SSSR count). The van der Waals surface area contributed by atoms with Crippen LogP contribution >= 0.6 is 0 Å². The zero-order valence-electron chi connectivity index (χ0n) is 16.7. The first-order valence-electron chi connectivity index (χ1n) is 9.96. The molecule has 166 valence electrons. The molecule has 0 radical (unpaired) electrons. The molecule has 2 aromatic carbocycles. The van der Waals surface area contributed by atoms with Gasteiger partial charge in [0.05, 0.1) is 4.90 Å². The van der Waals surface area contributed by atoms with Crippen molar-refractivity contribution in [2.24, 2.45) is 11.8 Å². The maximum absolute atomic E-state index is 12.5. The topological polar surface area (TPSA) is 58.6 Å². The molecule has 5 nitrogen and oxygen atoms in total. The Bertz CT molecular complexity index is 1040. The van der Waals surface area contributed by atoms with Gasteiger partial charge in [-0.3, -0.25) is 9.62 Å². The van der Waals surface area contributed by atoms with E-state index in [1.54, 1.807) is 12.1 Å². The Kier molecular flexibility index (Phi) is 5.74. The molecule has 0 aromatic heterocycles. The molecule has 0 bridgehead atoms. The molecule has 0 amide bonds. The number of rotatable bonds is 7. The maximum atomic E-state index is 12.5. The molecule has 1 aliphatic carbocycles. The lowest BCUT2D eigenvalue weighted by Gasteiger charge is -2.40. The lowest BCUT2D eigenvalue weighted by Crippen LogP contribution is -2.33. The molecule has 31 heavy (non-hydrogen) atoms. The Labute approximate surface area is 179 Å². The van der Waals surface area contributed by atoms with Crippen LogP contribution in [0.2, 0.25) is 0 Å². The molecule has 1 saturated heterocycles. The Balaban J connectivity index is 1.39. The lowest BCUT2D eigenvalue weighted by molar-refractivity contribution is -0.274. The number of halogens is 3. The van der Waals surface area contributed by atoms with E-state index in [1.807, 2.05) is 18.2 Å². The van der Waals surface area contributed by atoms with Crippen LogP contribution in [0.3, 0.4) is 0 Å². The van der Waals surface area contributed by atoms with Gasteiger partial charge in [-0.05, 0) is 66.1 Å². The molecule has 2 aliphatic rings. The second-order valence-electron chi connectivity index (χ2n) is 8.02. The number of alkyl halides is 3. The minimum absolute atomic E-state index is 0.152. The van der Waals surface area contributed by atoms with Crippen LogP contribution in [0.5, 0.6) is 5.75 Å². The van der Waals surface area contributed by atoms with Gasteiger partial charge < -0.3 is 4.74 Å². The summed E-state index contributed by atoms with van der Waals surface area (Å²) < 4.78 is 68.1. The van der Waals surface area contributed by atoms with Crippen molar-refractivity contribution in [3.05, 3.63) is 66.7 Å². The predicted molar refractivity (Wildman–Crippen MR) is 111 cm³/mol. The highest BCUT2D eigenvalue weighted by Crippen LogP contribution is 2.51. The highest BCUT2D eigenvalue weighted by Gasteiger charge is 2.46. The van der Waals surface area contributed by atoms with Crippen molar-refractivity contribution in [2.75, 3.05) is 24.4 Å². The number of nitrogens with one attached hydrogen (secondary N) is 1. The van der Waals surface area contributed by atoms with Gasteiger partial charge in [-0.25, -0.2) is 8.42 Å². The quantitative estimate of drug-likeness (QED) is 0.624. The number of anilines is 1. The third kappa shape index (κ3) is 4.88. The SMILES string of the molecule is C=CCN1CC2CC(c3ccc(NS(=O)(=O)c4ccc(OC(F)(F)F)cc4)cc3)C2C1. The van der Waals surface area contributed by atoms with Crippen LogP contribution in [0.15, 0.2) is 66.1 Å². The summed E-state index contributed by atoms with van der Waals surface area (Å²) >= 11 is 0. The predicted octanol–water partition coefficient (Wildman–Crippen LogP) is 4.61. The summed E-state index contributed by atoms with van der Waals surface area (Å²) in [6.07, 6.45) is -1.77. The fourth-order valence-electron chi connectivity index (χ4n) is 4.55. The first kappa shape index (κ1) is 21.7. The highest BCUT2D eigenvalue weighted by atomic mass is 32.2. The smallest absolute Gasteiger partial charge is 0.406 e. The number of ether oxygens (including phenoxy) is 1. The van der Waals surface area contributed by atoms with Crippen molar-refractivity contribution in [3.63, 3.8) is 0 Å². The van der Waals surface area contributed by atoms with Crippen LogP contribution in [0.4, 0.5) is 18.9 Å². The third-order valence-corrected chi connectivity index (χ3v) is 7.38. The molecule has 2 fully saturated rings. The number of sulfonamides is 1. The number of fused-ring (bicyclic) bond motifs is 1. The number of benzene rings is 2. The summed E-state index contributed by atoms with van der Waals surface area (Å²) in [6.45, 7) is 6.88. The summed E-state index contributed by atoms with van der Waals surface area (Å²) in [6, 6.07) is 11.4. The third-order valence-electron chi connectivity index (χ3n) is 5.99. The maximum Gasteiger partial charge on any atom is 0.573 e. The van der Waals surface area contributed by atoms with Crippen molar-refractivity contribution in [3.8, 4) is 5.75 Å². The number of hydrogen-bond acceptors (Lipinski definition) is 4. The number of hydrogen-bond donors (Lipinski definition) is 1. The van der Waals surface area contributed by atoms with Gasteiger partial charge in [-0.2, -0.15) is 0 Å². The minimum atomic E-state index is -4.83. The zero-order valence-corrected chi connectivity index (χ0v) is 17.5. The summed E-state index contributed by atoms with van der Waals surface area (Å²) in [5, 5.41) is 0. The molecule has 2 aromatic rings. The largest absolute Gasteiger partial charge is 0.573 e. The van der Waals surface area contributed by atoms with Crippen LogP contribution in [0, 0.1) is 11.8 Å². The number of nitrogens with zero attached hydrogens (tertiary/aromatic N) is 1. The van der Waals surface area contributed by atoms with Crippen LogP contribution in [-0.2, 0) is 10.0 Å². The molecule has 1 aliphatic heterocycles. The first-order chi connectivity index (χ1) is 14.6. The van der Waals surface area contributed by atoms with E-state index in [1.165, 1.54) is 5.56 Å². The van der Waals surface area contributed by atoms with Crippen molar-refractivity contribution >= 4 is 15.7 Å². The zero-order chi connectivity index (χ0) is 22.2. The van der Waals surface area contributed by atoms with Crippen molar-refractivity contribution < 1.29 is 26.3 Å². The van der Waals surface area contributed by atoms with Crippen molar-refractivity contribution in [1.82, 2.24) is 4.90 Å². The molecule has 1 heterocycles. The average molecular weight is 452 g/mol. The summed E-state index contributed by atoms with van der Waals surface area (Å²) in [4.78, 5) is 2.26. The van der Waals surface area contributed by atoms with E-state index in [0.29, 0.717) is 23.4 Å². The molecule has 3 atom stereocenters. The Morgan fingerprint density at radius 1 is 1.10 bits per heavy atom. The van der Waals surface area contributed by atoms with E-state index in [0.717, 1.165) is 50.3 Å². The molecule has 1 saturated carbocycles. The normalized spacial score (nSPS) is 23.6. The van der Waals surface area contributed by atoms with Gasteiger partial charge in [-0.15, -0.1) is 19.8 Å². The van der Waals surface area contributed by atoms with Crippen LogP contribution in [-0.4, -0.2) is 39.3 Å². The summed E-state index contributed by atoms with van der Waals surface area (Å²) in [7, 11) is -3.93.